The molecule has 2 aliphatic rings. The van der Waals surface area contributed by atoms with Gasteiger partial charge in [-0.3, -0.25) is 19.3 Å². The fourth-order valence-corrected chi connectivity index (χ4v) is 6.09. The van der Waals surface area contributed by atoms with E-state index in [9.17, 15) is 14.4 Å². The molecule has 7 nitrogen and oxygen atoms in total. The number of imide groups is 1. The molecular formula is C31H32N4O3. The third kappa shape index (κ3) is 3.52. The van der Waals surface area contributed by atoms with Crippen LogP contribution in [0.15, 0.2) is 70.8 Å². The molecule has 2 aliphatic heterocycles. The van der Waals surface area contributed by atoms with Crippen LogP contribution in [-0.4, -0.2) is 32.4 Å². The maximum Gasteiger partial charge on any atom is 0.259 e. The Morgan fingerprint density at radius 3 is 2.45 bits per heavy atom. The van der Waals surface area contributed by atoms with Crippen LogP contribution in [0.25, 0.3) is 21.8 Å². The first kappa shape index (κ1) is 24.2. The molecule has 2 aromatic carbocycles. The Bertz CT molecular complexity index is 1740. The molecule has 0 spiro atoms. The number of rotatable bonds is 4. The minimum Gasteiger partial charge on any atom is -0.356 e. The van der Waals surface area contributed by atoms with E-state index >= 15 is 0 Å². The van der Waals surface area contributed by atoms with Crippen molar-refractivity contribution in [3.63, 3.8) is 0 Å². The van der Waals surface area contributed by atoms with Crippen LogP contribution in [0.1, 0.15) is 57.7 Å². The summed E-state index contributed by atoms with van der Waals surface area (Å²) >= 11 is 0. The predicted molar refractivity (Wildman–Crippen MR) is 150 cm³/mol. The number of fused-ring (bicyclic) bond motifs is 1. The molecule has 2 aromatic heterocycles. The van der Waals surface area contributed by atoms with Gasteiger partial charge in [-0.2, -0.15) is 0 Å². The second kappa shape index (κ2) is 8.72. The molecule has 2 amide bonds. The molecule has 1 atom stereocenters. The first-order valence-electron chi connectivity index (χ1n) is 13.3. The lowest BCUT2D eigenvalue weighted by Gasteiger charge is -2.22. The van der Waals surface area contributed by atoms with Gasteiger partial charge >= 0.3 is 0 Å². The zero-order valence-electron chi connectivity index (χ0n) is 22.4. The van der Waals surface area contributed by atoms with Crippen molar-refractivity contribution in [3.05, 3.63) is 87.5 Å². The molecule has 7 heteroatoms. The molecule has 0 aliphatic carbocycles. The number of benzene rings is 2. The number of anilines is 1. The van der Waals surface area contributed by atoms with Crippen LogP contribution >= 0.6 is 0 Å². The Hall–Kier alpha value is -4.13. The van der Waals surface area contributed by atoms with E-state index in [0.717, 1.165) is 33.1 Å². The number of aromatic nitrogens is 2. The molecule has 0 saturated heterocycles. The second-order valence-corrected chi connectivity index (χ2v) is 11.1. The third-order valence-electron chi connectivity index (χ3n) is 7.72. The number of nitrogens with one attached hydrogen (secondary N) is 1. The van der Waals surface area contributed by atoms with Gasteiger partial charge in [-0.05, 0) is 55.0 Å². The van der Waals surface area contributed by atoms with Crippen molar-refractivity contribution >= 4 is 39.3 Å². The molecular weight excluding hydrogens is 476 g/mol. The summed E-state index contributed by atoms with van der Waals surface area (Å²) in [5.74, 6) is -1.01. The molecule has 1 N–H and O–H groups in total. The smallest absolute Gasteiger partial charge is 0.259 e. The minimum atomic E-state index is -0.615. The van der Waals surface area contributed by atoms with Gasteiger partial charge in [0.2, 0.25) is 5.91 Å². The van der Waals surface area contributed by atoms with Crippen molar-refractivity contribution in [2.24, 2.45) is 5.92 Å². The number of hydrogen-bond acceptors (Lipinski definition) is 4. The lowest BCUT2D eigenvalue weighted by Crippen LogP contribution is -2.34. The predicted octanol–water partition coefficient (Wildman–Crippen LogP) is 5.39. The summed E-state index contributed by atoms with van der Waals surface area (Å²) in [7, 11) is 0. The van der Waals surface area contributed by atoms with E-state index < -0.39 is 5.92 Å². The summed E-state index contributed by atoms with van der Waals surface area (Å²) in [6.07, 6.45) is 2.09. The Morgan fingerprint density at radius 1 is 1.00 bits per heavy atom. The van der Waals surface area contributed by atoms with Crippen LogP contribution < -0.4 is 10.9 Å². The highest BCUT2D eigenvalue weighted by Crippen LogP contribution is 2.46. The van der Waals surface area contributed by atoms with Crippen molar-refractivity contribution in [2.45, 2.75) is 53.1 Å². The number of amides is 2. The van der Waals surface area contributed by atoms with Gasteiger partial charge < -0.3 is 14.5 Å². The summed E-state index contributed by atoms with van der Waals surface area (Å²) < 4.78 is 4.04. The highest BCUT2D eigenvalue weighted by molar-refractivity contribution is 6.11. The van der Waals surface area contributed by atoms with Crippen LogP contribution in [0.2, 0.25) is 0 Å². The molecule has 38 heavy (non-hydrogen) atoms. The van der Waals surface area contributed by atoms with E-state index in [4.69, 9.17) is 0 Å². The molecule has 0 unspecified atom stereocenters. The largest absolute Gasteiger partial charge is 0.356 e. The summed E-state index contributed by atoms with van der Waals surface area (Å²) in [6, 6.07) is 16.1. The van der Waals surface area contributed by atoms with Crippen molar-refractivity contribution in [3.8, 4) is 0 Å². The normalized spacial score (nSPS) is 17.1. The summed E-state index contributed by atoms with van der Waals surface area (Å²) in [5.41, 5.74) is 5.32. The highest BCUT2D eigenvalue weighted by atomic mass is 16.2. The van der Waals surface area contributed by atoms with E-state index in [2.05, 4.69) is 49.8 Å². The summed E-state index contributed by atoms with van der Waals surface area (Å²) in [4.78, 5) is 41.9. The van der Waals surface area contributed by atoms with Crippen molar-refractivity contribution in [1.82, 2.24) is 14.0 Å². The maximum absolute atomic E-state index is 14.3. The molecule has 0 fully saturated rings. The fraction of sp³-hybridized carbons (Fsp3) is 0.323. The lowest BCUT2D eigenvalue weighted by molar-refractivity contribution is -0.139. The summed E-state index contributed by atoms with van der Waals surface area (Å²) in [6.45, 7) is 10.6. The number of hydrogen-bond donors (Lipinski definition) is 1. The topological polar surface area (TPSA) is 76.3 Å². The van der Waals surface area contributed by atoms with E-state index in [1.165, 1.54) is 11.8 Å². The number of nitrogens with zero attached hydrogens (tertiary/aromatic N) is 3. The first-order chi connectivity index (χ1) is 18.2. The van der Waals surface area contributed by atoms with E-state index in [-0.39, 0.29) is 35.9 Å². The molecule has 0 saturated carbocycles. The number of para-hydroxylation sites is 1. The maximum atomic E-state index is 14.3. The second-order valence-electron chi connectivity index (χ2n) is 11.1. The number of carbonyl (C=O) groups is 2. The third-order valence-corrected chi connectivity index (χ3v) is 7.72. The quantitative estimate of drug-likeness (QED) is 0.401. The van der Waals surface area contributed by atoms with E-state index in [1.807, 2.05) is 47.0 Å². The zero-order valence-corrected chi connectivity index (χ0v) is 22.4. The molecule has 0 bridgehead atoms. The van der Waals surface area contributed by atoms with E-state index in [0.29, 0.717) is 23.4 Å². The lowest BCUT2D eigenvalue weighted by atomic mass is 9.84. The molecule has 6 rings (SSSR count). The average Bonchev–Trinajstić information content (AvgIpc) is 3.37. The van der Waals surface area contributed by atoms with Crippen LogP contribution in [0.5, 0.6) is 0 Å². The van der Waals surface area contributed by atoms with Crippen molar-refractivity contribution in [1.29, 1.82) is 0 Å². The highest BCUT2D eigenvalue weighted by Gasteiger charge is 2.42. The summed E-state index contributed by atoms with van der Waals surface area (Å²) in [5, 5.41) is 5.45. The Morgan fingerprint density at radius 2 is 1.74 bits per heavy atom. The van der Waals surface area contributed by atoms with Crippen LogP contribution in [0.3, 0.4) is 0 Å². The van der Waals surface area contributed by atoms with Gasteiger partial charge in [0.1, 0.15) is 0 Å². The van der Waals surface area contributed by atoms with Gasteiger partial charge in [0.05, 0.1) is 23.2 Å². The van der Waals surface area contributed by atoms with Gasteiger partial charge in [-0.25, -0.2) is 0 Å². The Balaban J connectivity index is 1.72. The number of carbonyl (C=O) groups excluding carboxylic acids is 2. The monoisotopic (exact) mass is 508 g/mol. The van der Waals surface area contributed by atoms with Gasteiger partial charge in [0.25, 0.3) is 11.5 Å². The van der Waals surface area contributed by atoms with Crippen LogP contribution in [0.4, 0.5) is 5.69 Å². The molecule has 4 aromatic rings. The Kier molecular flexibility index (Phi) is 5.56. The van der Waals surface area contributed by atoms with Crippen molar-refractivity contribution in [2.75, 3.05) is 11.9 Å². The molecule has 0 radical (unpaired) electrons. The molecule has 194 valence electrons. The number of pyridine rings is 1. The van der Waals surface area contributed by atoms with Crippen LogP contribution in [0, 0.1) is 5.92 Å². The van der Waals surface area contributed by atoms with Crippen LogP contribution in [-0.2, 0) is 16.1 Å². The molecule has 4 heterocycles. The SMILES string of the molecule is CC(=O)N1CC2=C(C1=O)[C@H](c1cc3ccccc3n(CC(C)C)c1=O)c1cn(C(C)C)c3cccc(c13)N2. The van der Waals surface area contributed by atoms with Gasteiger partial charge in [0.15, 0.2) is 0 Å². The van der Waals surface area contributed by atoms with Gasteiger partial charge in [0, 0.05) is 54.0 Å². The van der Waals surface area contributed by atoms with Gasteiger partial charge in [-0.15, -0.1) is 0 Å². The zero-order chi connectivity index (χ0) is 26.9. The van der Waals surface area contributed by atoms with E-state index in [1.54, 1.807) is 0 Å². The standard InChI is InChI=1S/C31H32N4O3/c1-17(2)14-35-25-11-7-6-9-20(25)13-21(30(35)37)27-22-15-33(18(3)4)26-12-8-10-23(28(22)26)32-24-16-34(19(5)36)31(38)29(24)27/h6-13,15,17-18,27,32H,14,16H2,1-5H3/t27-/m1/s1. The van der Waals surface area contributed by atoms with Crippen molar-refractivity contribution < 1.29 is 9.59 Å². The minimum absolute atomic E-state index is 0.104. The Labute approximate surface area is 221 Å². The first-order valence-corrected chi connectivity index (χ1v) is 13.3. The average molecular weight is 509 g/mol. The van der Waals surface area contributed by atoms with Gasteiger partial charge in [-0.1, -0.05) is 38.1 Å². The fourth-order valence-electron chi connectivity index (χ4n) is 6.09.